The minimum absolute atomic E-state index is 0.138. The van der Waals surface area contributed by atoms with E-state index >= 15 is 0 Å². The van der Waals surface area contributed by atoms with Crippen LogP contribution < -0.4 is 10.1 Å². The Bertz CT molecular complexity index is 715. The molecule has 1 N–H and O–H groups in total. The summed E-state index contributed by atoms with van der Waals surface area (Å²) in [5.74, 6) is 1.46. The van der Waals surface area contributed by atoms with E-state index in [0.717, 1.165) is 42.6 Å². The van der Waals surface area contributed by atoms with E-state index in [1.54, 1.807) is 0 Å². The number of hydrogen-bond acceptors (Lipinski definition) is 3. The minimum Gasteiger partial charge on any atom is -0.494 e. The Morgan fingerprint density at radius 2 is 1.86 bits per heavy atom. The maximum atomic E-state index is 6.20. The van der Waals surface area contributed by atoms with Crippen LogP contribution in [0.2, 0.25) is 5.02 Å². The van der Waals surface area contributed by atoms with Crippen LogP contribution in [0.3, 0.4) is 0 Å². The molecule has 0 amide bonds. The van der Waals surface area contributed by atoms with Crippen LogP contribution in [0.1, 0.15) is 52.0 Å². The minimum atomic E-state index is 0.138. The molecule has 2 aromatic rings. The number of nitrogens with zero attached hydrogens (tertiary/aromatic N) is 1. The van der Waals surface area contributed by atoms with Crippen LogP contribution in [0.5, 0.6) is 5.75 Å². The zero-order chi connectivity index (χ0) is 20.6. The van der Waals surface area contributed by atoms with E-state index in [4.69, 9.17) is 16.3 Å². The van der Waals surface area contributed by atoms with Gasteiger partial charge in [0.25, 0.3) is 0 Å². The Morgan fingerprint density at radius 1 is 1.14 bits per heavy atom. The van der Waals surface area contributed by atoms with E-state index < -0.39 is 0 Å². The Balaban J connectivity index is 0.00000136. The molecule has 4 heteroatoms. The van der Waals surface area contributed by atoms with Crippen molar-refractivity contribution in [3.8, 4) is 5.75 Å². The highest BCUT2D eigenvalue weighted by molar-refractivity contribution is 6.30. The Kier molecular flexibility index (Phi) is 8.65. The van der Waals surface area contributed by atoms with Crippen LogP contribution in [0.25, 0.3) is 0 Å². The third-order valence-corrected chi connectivity index (χ3v) is 5.83. The number of ether oxygens (including phenoxy) is 1. The first kappa shape index (κ1) is 22.6. The lowest BCUT2D eigenvalue weighted by Crippen LogP contribution is -2.42. The largest absolute Gasteiger partial charge is 0.494 e. The van der Waals surface area contributed by atoms with Gasteiger partial charge in [-0.25, -0.2) is 0 Å². The standard InChI is InChI=1S/C22H29ClN2O.C2H6/c1-22(2)21(17-6-4-7-18(23)16-17)12-14-25(22)13-5-15-26-20-10-8-19(24-3)9-11-20;1-2/h4,6-11,16,21,24H,5,12-15H2,1-3H3;1-2H3. The fraction of sp³-hybridized carbons (Fsp3) is 0.500. The van der Waals surface area contributed by atoms with E-state index in [1.165, 1.54) is 12.0 Å². The van der Waals surface area contributed by atoms with Crippen LogP contribution in [0, 0.1) is 0 Å². The van der Waals surface area contributed by atoms with Gasteiger partial charge in [-0.1, -0.05) is 37.6 Å². The third-order valence-electron chi connectivity index (χ3n) is 5.59. The SMILES string of the molecule is CC.CNc1ccc(OCCCN2CCC(c3cccc(Cl)c3)C2(C)C)cc1. The molecule has 0 spiro atoms. The normalized spacial score (nSPS) is 18.3. The number of nitrogens with one attached hydrogen (secondary N) is 1. The number of likely N-dealkylation sites (tertiary alicyclic amines) is 1. The van der Waals surface area contributed by atoms with Crippen molar-refractivity contribution in [1.29, 1.82) is 0 Å². The van der Waals surface area contributed by atoms with Crippen molar-refractivity contribution < 1.29 is 4.74 Å². The van der Waals surface area contributed by atoms with Crippen molar-refractivity contribution in [1.82, 2.24) is 4.90 Å². The average molecular weight is 403 g/mol. The molecule has 3 rings (SSSR count). The van der Waals surface area contributed by atoms with Gasteiger partial charge in [0.1, 0.15) is 5.75 Å². The third kappa shape index (κ3) is 5.65. The summed E-state index contributed by atoms with van der Waals surface area (Å²) in [6.45, 7) is 11.6. The maximum absolute atomic E-state index is 6.20. The van der Waals surface area contributed by atoms with Gasteiger partial charge in [0.15, 0.2) is 0 Å². The van der Waals surface area contributed by atoms with Crippen molar-refractivity contribution in [2.45, 2.75) is 52.0 Å². The highest BCUT2D eigenvalue weighted by Crippen LogP contribution is 2.42. The van der Waals surface area contributed by atoms with Crippen LogP contribution in [0.15, 0.2) is 48.5 Å². The van der Waals surface area contributed by atoms with Gasteiger partial charge in [0, 0.05) is 35.8 Å². The molecule has 1 atom stereocenters. The second kappa shape index (κ2) is 10.7. The zero-order valence-corrected chi connectivity index (χ0v) is 18.7. The summed E-state index contributed by atoms with van der Waals surface area (Å²) in [4.78, 5) is 2.59. The van der Waals surface area contributed by atoms with E-state index in [2.05, 4.69) is 42.3 Å². The first-order valence-corrected chi connectivity index (χ1v) is 10.8. The molecule has 0 radical (unpaired) electrons. The molecular weight excluding hydrogens is 368 g/mol. The predicted molar refractivity (Wildman–Crippen MR) is 122 cm³/mol. The molecule has 1 saturated heterocycles. The molecule has 1 heterocycles. The summed E-state index contributed by atoms with van der Waals surface area (Å²) in [7, 11) is 1.92. The average Bonchev–Trinajstić information content (AvgIpc) is 3.01. The summed E-state index contributed by atoms with van der Waals surface area (Å²) >= 11 is 6.20. The summed E-state index contributed by atoms with van der Waals surface area (Å²) < 4.78 is 5.89. The van der Waals surface area contributed by atoms with E-state index in [0.29, 0.717) is 5.92 Å². The lowest BCUT2D eigenvalue weighted by molar-refractivity contribution is 0.149. The monoisotopic (exact) mass is 402 g/mol. The fourth-order valence-corrected chi connectivity index (χ4v) is 4.21. The quantitative estimate of drug-likeness (QED) is 0.539. The van der Waals surface area contributed by atoms with Crippen LogP contribution in [-0.2, 0) is 0 Å². The van der Waals surface area contributed by atoms with Gasteiger partial charge in [-0.2, -0.15) is 0 Å². The van der Waals surface area contributed by atoms with Gasteiger partial charge >= 0.3 is 0 Å². The van der Waals surface area contributed by atoms with Gasteiger partial charge in [0.2, 0.25) is 0 Å². The highest BCUT2D eigenvalue weighted by atomic mass is 35.5. The van der Waals surface area contributed by atoms with Crippen molar-refractivity contribution in [2.24, 2.45) is 0 Å². The van der Waals surface area contributed by atoms with Gasteiger partial charge < -0.3 is 10.1 Å². The van der Waals surface area contributed by atoms with Crippen LogP contribution >= 0.6 is 11.6 Å². The predicted octanol–water partition coefficient (Wildman–Crippen LogP) is 6.44. The highest BCUT2D eigenvalue weighted by Gasteiger charge is 2.41. The van der Waals surface area contributed by atoms with Crippen LogP contribution in [-0.4, -0.2) is 37.2 Å². The first-order chi connectivity index (χ1) is 13.5. The summed E-state index contributed by atoms with van der Waals surface area (Å²) in [5.41, 5.74) is 2.59. The Labute approximate surface area is 176 Å². The maximum Gasteiger partial charge on any atom is 0.119 e. The van der Waals surface area contributed by atoms with Gasteiger partial charge in [0.05, 0.1) is 6.61 Å². The first-order valence-electron chi connectivity index (χ1n) is 10.4. The molecule has 0 bridgehead atoms. The lowest BCUT2D eigenvalue weighted by atomic mass is 9.83. The second-order valence-electron chi connectivity index (χ2n) is 7.51. The smallest absolute Gasteiger partial charge is 0.119 e. The number of anilines is 1. The zero-order valence-electron chi connectivity index (χ0n) is 18.0. The van der Waals surface area contributed by atoms with Crippen LogP contribution in [0.4, 0.5) is 5.69 Å². The van der Waals surface area contributed by atoms with Gasteiger partial charge in [-0.15, -0.1) is 0 Å². The number of halogens is 1. The number of hydrogen-bond donors (Lipinski definition) is 1. The van der Waals surface area contributed by atoms with E-state index in [1.807, 2.05) is 51.2 Å². The molecule has 1 unspecified atom stereocenters. The Morgan fingerprint density at radius 3 is 2.50 bits per heavy atom. The van der Waals surface area contributed by atoms with Gasteiger partial charge in [-0.3, -0.25) is 4.90 Å². The molecule has 0 aliphatic carbocycles. The van der Waals surface area contributed by atoms with Crippen molar-refractivity contribution in [3.63, 3.8) is 0 Å². The molecule has 1 aliphatic heterocycles. The molecule has 1 fully saturated rings. The van der Waals surface area contributed by atoms with Crippen molar-refractivity contribution in [3.05, 3.63) is 59.1 Å². The number of benzene rings is 2. The van der Waals surface area contributed by atoms with E-state index in [-0.39, 0.29) is 5.54 Å². The second-order valence-corrected chi connectivity index (χ2v) is 7.95. The fourth-order valence-electron chi connectivity index (χ4n) is 4.01. The van der Waals surface area contributed by atoms with E-state index in [9.17, 15) is 0 Å². The molecule has 2 aromatic carbocycles. The summed E-state index contributed by atoms with van der Waals surface area (Å²) in [6, 6.07) is 16.4. The molecule has 1 aliphatic rings. The summed E-state index contributed by atoms with van der Waals surface area (Å²) in [5, 5.41) is 3.95. The van der Waals surface area contributed by atoms with Gasteiger partial charge in [-0.05, 0) is 75.2 Å². The van der Waals surface area contributed by atoms with Crippen molar-refractivity contribution in [2.75, 3.05) is 32.1 Å². The molecule has 0 saturated carbocycles. The topological polar surface area (TPSA) is 24.5 Å². The molecule has 0 aromatic heterocycles. The molecule has 154 valence electrons. The molecule has 3 nitrogen and oxygen atoms in total. The Hall–Kier alpha value is -1.71. The number of rotatable bonds is 7. The lowest BCUT2D eigenvalue weighted by Gasteiger charge is -2.36. The summed E-state index contributed by atoms with van der Waals surface area (Å²) in [6.07, 6.45) is 2.21. The van der Waals surface area contributed by atoms with Crippen molar-refractivity contribution >= 4 is 17.3 Å². The molecular formula is C24H35ClN2O. The molecule has 28 heavy (non-hydrogen) atoms.